The highest BCUT2D eigenvalue weighted by molar-refractivity contribution is 7.89. The Kier molecular flexibility index (Phi) is 4.97. The molecule has 0 unspecified atom stereocenters. The van der Waals surface area contributed by atoms with Crippen molar-refractivity contribution in [2.75, 3.05) is 12.3 Å². The van der Waals surface area contributed by atoms with E-state index in [0.29, 0.717) is 12.1 Å². The number of aryl methyl sites for hydroxylation is 2. The molecule has 0 aromatic carbocycles. The van der Waals surface area contributed by atoms with Crippen LogP contribution in [0, 0.1) is 6.92 Å². The second-order valence-corrected chi connectivity index (χ2v) is 6.14. The van der Waals surface area contributed by atoms with Gasteiger partial charge in [0.05, 0.1) is 5.75 Å². The van der Waals surface area contributed by atoms with Crippen molar-refractivity contribution in [3.05, 3.63) is 17.5 Å². The lowest BCUT2D eigenvalue weighted by Crippen LogP contribution is -2.27. The van der Waals surface area contributed by atoms with Crippen LogP contribution in [-0.2, 0) is 22.7 Å². The van der Waals surface area contributed by atoms with Crippen molar-refractivity contribution in [3.63, 3.8) is 0 Å². The van der Waals surface area contributed by atoms with E-state index in [1.165, 1.54) is 18.5 Å². The number of aromatic nitrogens is 2. The Morgan fingerprint density at radius 3 is 2.53 bits per heavy atom. The van der Waals surface area contributed by atoms with Crippen LogP contribution in [0.1, 0.15) is 24.7 Å². The molecule has 0 saturated heterocycles. The average Bonchev–Trinajstić information content (AvgIpc) is 2.66. The number of sulfonamides is 1. The lowest BCUT2D eigenvalue weighted by molar-refractivity contribution is -0.141. The van der Waals surface area contributed by atoms with Gasteiger partial charge in [-0.05, 0) is 26.3 Å². The van der Waals surface area contributed by atoms with Crippen LogP contribution >= 0.6 is 0 Å². The summed E-state index contributed by atoms with van der Waals surface area (Å²) in [4.78, 5) is 0. The summed E-state index contributed by atoms with van der Waals surface area (Å²) >= 11 is 0. The maximum Gasteiger partial charge on any atom is 0.435 e. The van der Waals surface area contributed by atoms with Crippen molar-refractivity contribution in [3.8, 4) is 0 Å². The molecule has 0 bridgehead atoms. The fourth-order valence-electron chi connectivity index (χ4n) is 1.43. The quantitative estimate of drug-likeness (QED) is 0.810. The van der Waals surface area contributed by atoms with Gasteiger partial charge in [-0.15, -0.1) is 0 Å². The molecular weight excluding hydrogens is 283 g/mol. The summed E-state index contributed by atoms with van der Waals surface area (Å²) in [5.41, 5.74) is -0.537. The van der Waals surface area contributed by atoms with Crippen molar-refractivity contribution >= 4 is 10.0 Å². The second-order valence-electron chi connectivity index (χ2n) is 4.04. The molecule has 0 spiro atoms. The molecule has 1 aromatic rings. The standard InChI is InChI=1S/C10H16F3N3O2S/c1-3-19(17,18)14-5-4-6-16-8(2)7-9(15-16)10(11,12)13/h7,14H,3-6H2,1-2H3. The first kappa shape index (κ1) is 16.0. The third-order valence-corrected chi connectivity index (χ3v) is 3.92. The summed E-state index contributed by atoms with van der Waals surface area (Å²) in [5, 5.41) is 3.45. The highest BCUT2D eigenvalue weighted by atomic mass is 32.2. The Morgan fingerprint density at radius 2 is 2.05 bits per heavy atom. The molecule has 1 heterocycles. The van der Waals surface area contributed by atoms with E-state index in [2.05, 4.69) is 9.82 Å². The third-order valence-electron chi connectivity index (χ3n) is 2.52. The van der Waals surface area contributed by atoms with Crippen molar-refractivity contribution in [1.82, 2.24) is 14.5 Å². The van der Waals surface area contributed by atoms with Crippen molar-refractivity contribution < 1.29 is 21.6 Å². The Labute approximate surface area is 109 Å². The van der Waals surface area contributed by atoms with Gasteiger partial charge in [0, 0.05) is 18.8 Å². The Morgan fingerprint density at radius 1 is 1.42 bits per heavy atom. The van der Waals surface area contributed by atoms with E-state index in [9.17, 15) is 21.6 Å². The Hall–Kier alpha value is -1.09. The van der Waals surface area contributed by atoms with Gasteiger partial charge in [-0.2, -0.15) is 18.3 Å². The topological polar surface area (TPSA) is 64.0 Å². The van der Waals surface area contributed by atoms with Gasteiger partial charge in [-0.1, -0.05) is 0 Å². The van der Waals surface area contributed by atoms with Crippen LogP contribution < -0.4 is 4.72 Å². The summed E-state index contributed by atoms with van der Waals surface area (Å²) in [5.74, 6) is -0.0218. The molecule has 0 saturated carbocycles. The fourth-order valence-corrected chi connectivity index (χ4v) is 2.09. The molecule has 0 aliphatic heterocycles. The van der Waals surface area contributed by atoms with Crippen LogP contribution in [0.2, 0.25) is 0 Å². The molecule has 0 radical (unpaired) electrons. The zero-order valence-electron chi connectivity index (χ0n) is 10.7. The summed E-state index contributed by atoms with van der Waals surface area (Å²) in [7, 11) is -3.26. The monoisotopic (exact) mass is 299 g/mol. The summed E-state index contributed by atoms with van der Waals surface area (Å²) < 4.78 is 63.0. The van der Waals surface area contributed by atoms with Gasteiger partial charge in [0.25, 0.3) is 0 Å². The van der Waals surface area contributed by atoms with Crippen LogP contribution in [0.3, 0.4) is 0 Å². The first-order valence-corrected chi connectivity index (χ1v) is 7.40. The molecular formula is C10H16F3N3O2S. The highest BCUT2D eigenvalue weighted by Gasteiger charge is 2.34. The molecule has 1 N–H and O–H groups in total. The molecule has 0 atom stereocenters. The molecule has 9 heteroatoms. The SMILES string of the molecule is CCS(=O)(=O)NCCCn1nc(C(F)(F)F)cc1C. The highest BCUT2D eigenvalue weighted by Crippen LogP contribution is 2.28. The van der Waals surface area contributed by atoms with Gasteiger partial charge in [0.15, 0.2) is 5.69 Å². The lowest BCUT2D eigenvalue weighted by Gasteiger charge is -2.06. The number of hydrogen-bond acceptors (Lipinski definition) is 3. The number of hydrogen-bond donors (Lipinski definition) is 1. The normalized spacial score (nSPS) is 12.9. The summed E-state index contributed by atoms with van der Waals surface area (Å²) in [6, 6.07) is 0.968. The third kappa shape index (κ3) is 4.83. The maximum absolute atomic E-state index is 12.4. The first-order chi connectivity index (χ1) is 8.65. The number of alkyl halides is 3. The summed E-state index contributed by atoms with van der Waals surface area (Å²) in [6.07, 6.45) is -4.08. The van der Waals surface area contributed by atoms with Gasteiger partial charge in [0.1, 0.15) is 0 Å². The van der Waals surface area contributed by atoms with E-state index in [1.54, 1.807) is 0 Å². The molecule has 0 fully saturated rings. The molecule has 0 amide bonds. The van der Waals surface area contributed by atoms with Gasteiger partial charge < -0.3 is 0 Å². The lowest BCUT2D eigenvalue weighted by atomic mass is 10.3. The van der Waals surface area contributed by atoms with Crippen LogP contribution in [-0.4, -0.2) is 30.5 Å². The van der Waals surface area contributed by atoms with Crippen LogP contribution in [0.5, 0.6) is 0 Å². The molecule has 1 rings (SSSR count). The van der Waals surface area contributed by atoms with E-state index in [0.717, 1.165) is 6.07 Å². The Bertz CT molecular complexity index is 523. The van der Waals surface area contributed by atoms with E-state index in [1.807, 2.05) is 0 Å². The van der Waals surface area contributed by atoms with Crippen LogP contribution in [0.15, 0.2) is 6.07 Å². The average molecular weight is 299 g/mol. The number of nitrogens with one attached hydrogen (secondary N) is 1. The van der Waals surface area contributed by atoms with Gasteiger partial charge >= 0.3 is 6.18 Å². The number of halogens is 3. The van der Waals surface area contributed by atoms with Crippen molar-refractivity contribution in [2.45, 2.75) is 33.0 Å². The van der Waals surface area contributed by atoms with Crippen molar-refractivity contribution in [2.24, 2.45) is 0 Å². The minimum atomic E-state index is -4.46. The molecule has 0 aliphatic rings. The molecule has 0 aliphatic carbocycles. The Balaban J connectivity index is 2.53. The van der Waals surface area contributed by atoms with Gasteiger partial charge in [-0.3, -0.25) is 4.68 Å². The molecule has 19 heavy (non-hydrogen) atoms. The zero-order chi connectivity index (χ0) is 14.7. The summed E-state index contributed by atoms with van der Waals surface area (Å²) in [6.45, 7) is 3.44. The zero-order valence-corrected chi connectivity index (χ0v) is 11.5. The van der Waals surface area contributed by atoms with E-state index >= 15 is 0 Å². The smallest absolute Gasteiger partial charge is 0.269 e. The number of rotatable bonds is 6. The number of nitrogens with zero attached hydrogens (tertiary/aromatic N) is 2. The fraction of sp³-hybridized carbons (Fsp3) is 0.700. The first-order valence-electron chi connectivity index (χ1n) is 5.74. The molecule has 5 nitrogen and oxygen atoms in total. The minimum absolute atomic E-state index is 0.0218. The molecule has 1 aromatic heterocycles. The van der Waals surface area contributed by atoms with Crippen LogP contribution in [0.4, 0.5) is 13.2 Å². The van der Waals surface area contributed by atoms with E-state index in [-0.39, 0.29) is 18.8 Å². The van der Waals surface area contributed by atoms with E-state index < -0.39 is 21.9 Å². The molecule has 110 valence electrons. The second kappa shape index (κ2) is 5.91. The largest absolute Gasteiger partial charge is 0.435 e. The van der Waals surface area contributed by atoms with Crippen molar-refractivity contribution in [1.29, 1.82) is 0 Å². The van der Waals surface area contributed by atoms with E-state index in [4.69, 9.17) is 0 Å². The van der Waals surface area contributed by atoms with Gasteiger partial charge in [0.2, 0.25) is 10.0 Å². The minimum Gasteiger partial charge on any atom is -0.269 e. The van der Waals surface area contributed by atoms with Gasteiger partial charge in [-0.25, -0.2) is 13.1 Å². The van der Waals surface area contributed by atoms with Crippen LogP contribution in [0.25, 0.3) is 0 Å². The predicted molar refractivity (Wildman–Crippen MR) is 64.0 cm³/mol. The maximum atomic E-state index is 12.4. The predicted octanol–water partition coefficient (Wildman–Crippen LogP) is 1.54.